The Hall–Kier alpha value is -2.67. The van der Waals surface area contributed by atoms with Crippen molar-refractivity contribution in [1.82, 2.24) is 15.1 Å². The molecule has 0 saturated carbocycles. The van der Waals surface area contributed by atoms with Crippen LogP contribution < -0.4 is 10.1 Å². The summed E-state index contributed by atoms with van der Waals surface area (Å²) in [5, 5.41) is 11.5. The molecule has 2 heterocycles. The van der Waals surface area contributed by atoms with Gasteiger partial charge in [0.2, 0.25) is 0 Å². The summed E-state index contributed by atoms with van der Waals surface area (Å²) in [4.78, 5) is 11.9. The van der Waals surface area contributed by atoms with Crippen molar-refractivity contribution in [3.8, 4) is 16.9 Å². The van der Waals surface area contributed by atoms with E-state index < -0.39 is 5.82 Å². The van der Waals surface area contributed by atoms with Crippen LogP contribution in [0, 0.1) is 19.7 Å². The van der Waals surface area contributed by atoms with Gasteiger partial charge in [-0.3, -0.25) is 9.48 Å². The van der Waals surface area contributed by atoms with Gasteiger partial charge in [0, 0.05) is 17.8 Å². The van der Waals surface area contributed by atoms with Crippen molar-refractivity contribution in [3.05, 3.63) is 58.3 Å². The van der Waals surface area contributed by atoms with Crippen LogP contribution in [0.15, 0.2) is 41.1 Å². The molecule has 0 spiro atoms. The molecule has 0 aliphatic carbocycles. The summed E-state index contributed by atoms with van der Waals surface area (Å²) >= 11 is 1.65. The van der Waals surface area contributed by atoms with Crippen LogP contribution in [0.25, 0.3) is 11.1 Å². The molecule has 26 heavy (non-hydrogen) atoms. The molecule has 0 aliphatic heterocycles. The summed E-state index contributed by atoms with van der Waals surface area (Å²) < 4.78 is 20.5. The second-order valence-electron chi connectivity index (χ2n) is 5.85. The third kappa shape index (κ3) is 4.11. The predicted molar refractivity (Wildman–Crippen MR) is 99.9 cm³/mol. The smallest absolute Gasteiger partial charge is 0.258 e. The largest absolute Gasteiger partial charge is 0.481 e. The van der Waals surface area contributed by atoms with Crippen molar-refractivity contribution in [2.75, 3.05) is 13.2 Å². The maximum Gasteiger partial charge on any atom is 0.258 e. The van der Waals surface area contributed by atoms with Gasteiger partial charge in [0.05, 0.1) is 12.2 Å². The first-order chi connectivity index (χ1) is 12.6. The second-order valence-corrected chi connectivity index (χ2v) is 6.63. The number of amides is 1. The Morgan fingerprint density at radius 2 is 2.12 bits per heavy atom. The van der Waals surface area contributed by atoms with Crippen LogP contribution in [0.3, 0.4) is 0 Å². The molecule has 0 aliphatic rings. The van der Waals surface area contributed by atoms with Crippen LogP contribution in [0.2, 0.25) is 0 Å². The van der Waals surface area contributed by atoms with Gasteiger partial charge in [-0.2, -0.15) is 16.4 Å². The molecule has 0 unspecified atom stereocenters. The number of para-hydroxylation sites is 1. The highest BCUT2D eigenvalue weighted by atomic mass is 32.1. The van der Waals surface area contributed by atoms with Gasteiger partial charge in [0.15, 0.2) is 18.2 Å². The standard InChI is InChI=1S/C19H20FN3O2S/c1-13-19(15-7-10-26-12-15)14(2)23(22-13)9-8-21-18(24)11-25-17-6-4-3-5-16(17)20/h3-7,10,12H,8-9,11H2,1-2H3,(H,21,24). The molecule has 5 nitrogen and oxygen atoms in total. The fourth-order valence-electron chi connectivity index (χ4n) is 2.80. The lowest BCUT2D eigenvalue weighted by Gasteiger charge is -2.09. The molecule has 1 aromatic carbocycles. The molecule has 0 fully saturated rings. The molecule has 0 saturated heterocycles. The number of hydrogen-bond acceptors (Lipinski definition) is 4. The van der Waals surface area contributed by atoms with Crippen molar-refractivity contribution in [2.24, 2.45) is 0 Å². The number of hydrogen-bond donors (Lipinski definition) is 1. The van der Waals surface area contributed by atoms with Crippen molar-refractivity contribution < 1.29 is 13.9 Å². The van der Waals surface area contributed by atoms with Crippen LogP contribution in [0.4, 0.5) is 4.39 Å². The first-order valence-electron chi connectivity index (χ1n) is 8.27. The molecule has 3 aromatic rings. The minimum atomic E-state index is -0.482. The SMILES string of the molecule is Cc1nn(CCNC(=O)COc2ccccc2F)c(C)c1-c1ccsc1. The number of nitrogens with zero attached hydrogens (tertiary/aromatic N) is 2. The lowest BCUT2D eigenvalue weighted by Crippen LogP contribution is -2.32. The molecule has 0 radical (unpaired) electrons. The van der Waals surface area contributed by atoms with Crippen molar-refractivity contribution in [2.45, 2.75) is 20.4 Å². The van der Waals surface area contributed by atoms with Gasteiger partial charge in [-0.15, -0.1) is 0 Å². The Balaban J connectivity index is 1.51. The number of carbonyl (C=O) groups is 1. The van der Waals surface area contributed by atoms with Crippen molar-refractivity contribution in [3.63, 3.8) is 0 Å². The molecule has 1 N–H and O–H groups in total. The highest BCUT2D eigenvalue weighted by Crippen LogP contribution is 2.28. The molecule has 0 atom stereocenters. The Kier molecular flexibility index (Phi) is 5.68. The summed E-state index contributed by atoms with van der Waals surface area (Å²) in [6.07, 6.45) is 0. The topological polar surface area (TPSA) is 56.2 Å². The highest BCUT2D eigenvalue weighted by Gasteiger charge is 2.14. The van der Waals surface area contributed by atoms with Crippen LogP contribution >= 0.6 is 11.3 Å². The number of aryl methyl sites for hydroxylation is 1. The number of ether oxygens (including phenoxy) is 1. The molecule has 7 heteroatoms. The summed E-state index contributed by atoms with van der Waals surface area (Å²) in [6, 6.07) is 8.09. The Morgan fingerprint density at radius 1 is 1.31 bits per heavy atom. The van der Waals surface area contributed by atoms with E-state index in [0.717, 1.165) is 17.0 Å². The van der Waals surface area contributed by atoms with Gasteiger partial charge in [-0.1, -0.05) is 12.1 Å². The van der Waals surface area contributed by atoms with Crippen molar-refractivity contribution >= 4 is 17.2 Å². The Morgan fingerprint density at radius 3 is 2.85 bits per heavy atom. The fourth-order valence-corrected chi connectivity index (χ4v) is 3.44. The monoisotopic (exact) mass is 373 g/mol. The lowest BCUT2D eigenvalue weighted by atomic mass is 10.1. The second kappa shape index (κ2) is 8.14. The third-order valence-corrected chi connectivity index (χ3v) is 4.72. The number of rotatable bonds is 7. The van der Waals surface area contributed by atoms with Crippen molar-refractivity contribution in [1.29, 1.82) is 0 Å². The molecule has 1 amide bonds. The van der Waals surface area contributed by atoms with Gasteiger partial charge in [0.25, 0.3) is 5.91 Å². The lowest BCUT2D eigenvalue weighted by molar-refractivity contribution is -0.123. The van der Waals surface area contributed by atoms with Gasteiger partial charge >= 0.3 is 0 Å². The molecule has 3 rings (SSSR count). The minimum Gasteiger partial charge on any atom is -0.481 e. The molecular weight excluding hydrogens is 353 g/mol. The quantitative estimate of drug-likeness (QED) is 0.689. The average molecular weight is 373 g/mol. The summed E-state index contributed by atoms with van der Waals surface area (Å²) in [7, 11) is 0. The highest BCUT2D eigenvalue weighted by molar-refractivity contribution is 7.08. The van der Waals surface area contributed by atoms with Crippen LogP contribution in [0.5, 0.6) is 5.75 Å². The predicted octanol–water partition coefficient (Wildman–Crippen LogP) is 3.56. The van der Waals surface area contributed by atoms with Gasteiger partial charge < -0.3 is 10.1 Å². The maximum atomic E-state index is 13.4. The zero-order valence-corrected chi connectivity index (χ0v) is 15.5. The molecule has 0 bridgehead atoms. The number of carbonyl (C=O) groups excluding carboxylic acids is 1. The van der Waals surface area contributed by atoms with E-state index in [0.29, 0.717) is 13.1 Å². The number of aromatic nitrogens is 2. The number of benzene rings is 1. The molecule has 136 valence electrons. The van der Waals surface area contributed by atoms with Crippen LogP contribution in [-0.4, -0.2) is 28.8 Å². The average Bonchev–Trinajstić information content (AvgIpc) is 3.22. The van der Waals surface area contributed by atoms with Gasteiger partial charge in [0.1, 0.15) is 0 Å². The maximum absolute atomic E-state index is 13.4. The van der Waals surface area contributed by atoms with E-state index in [1.54, 1.807) is 23.5 Å². The summed E-state index contributed by atoms with van der Waals surface area (Å²) in [5.74, 6) is -0.710. The Bertz CT molecular complexity index is 890. The number of halogens is 1. The summed E-state index contributed by atoms with van der Waals surface area (Å²) in [6.45, 7) is 4.76. The zero-order chi connectivity index (χ0) is 18.5. The van der Waals surface area contributed by atoms with Crippen LogP contribution in [-0.2, 0) is 11.3 Å². The fraction of sp³-hybridized carbons (Fsp3) is 0.263. The normalized spacial score (nSPS) is 10.7. The van der Waals surface area contributed by atoms with E-state index in [9.17, 15) is 9.18 Å². The van der Waals surface area contributed by atoms with E-state index in [2.05, 4.69) is 21.9 Å². The van der Waals surface area contributed by atoms with Crippen LogP contribution in [0.1, 0.15) is 11.4 Å². The van der Waals surface area contributed by atoms with Gasteiger partial charge in [-0.05, 0) is 48.4 Å². The van der Waals surface area contributed by atoms with E-state index in [4.69, 9.17) is 4.74 Å². The first-order valence-corrected chi connectivity index (χ1v) is 9.21. The molecule has 2 aromatic heterocycles. The Labute approximate surface area is 155 Å². The summed E-state index contributed by atoms with van der Waals surface area (Å²) in [5.41, 5.74) is 4.34. The molecular formula is C19H20FN3O2S. The van der Waals surface area contributed by atoms with E-state index in [1.165, 1.54) is 17.7 Å². The zero-order valence-electron chi connectivity index (χ0n) is 14.7. The minimum absolute atomic E-state index is 0.0709. The van der Waals surface area contributed by atoms with E-state index >= 15 is 0 Å². The first kappa shape index (κ1) is 18.1. The number of nitrogens with one attached hydrogen (secondary N) is 1. The van der Waals surface area contributed by atoms with E-state index in [1.807, 2.05) is 23.9 Å². The number of thiophene rings is 1. The third-order valence-electron chi connectivity index (χ3n) is 4.03. The van der Waals surface area contributed by atoms with E-state index in [-0.39, 0.29) is 18.3 Å². The van der Waals surface area contributed by atoms with Gasteiger partial charge in [-0.25, -0.2) is 4.39 Å².